The molecule has 164 valence electrons. The van der Waals surface area contributed by atoms with Crippen molar-refractivity contribution in [2.45, 2.75) is 125 Å². The van der Waals surface area contributed by atoms with Crippen LogP contribution in [-0.4, -0.2) is 37.3 Å². The standard InChI is InChI=1S/C24H53N3/c1-10-12-13-21(5)25-17-14-24(9,15-18-26-22(6)20(3)4)16-19-27-23(7,8)11-2/h20-22,25-27H,10-19H2,1-9H3. The average molecular weight is 384 g/mol. The van der Waals surface area contributed by atoms with Crippen molar-refractivity contribution in [1.82, 2.24) is 16.0 Å². The van der Waals surface area contributed by atoms with Crippen molar-refractivity contribution in [3.8, 4) is 0 Å². The molecule has 0 spiro atoms. The summed E-state index contributed by atoms with van der Waals surface area (Å²) in [5, 5.41) is 11.3. The van der Waals surface area contributed by atoms with Gasteiger partial charge in [0.2, 0.25) is 0 Å². The molecule has 27 heavy (non-hydrogen) atoms. The van der Waals surface area contributed by atoms with E-state index in [4.69, 9.17) is 0 Å². The molecule has 0 saturated carbocycles. The van der Waals surface area contributed by atoms with E-state index in [0.29, 0.717) is 23.4 Å². The maximum Gasteiger partial charge on any atom is 0.0122 e. The second-order valence-electron chi connectivity index (χ2n) is 10.2. The molecular formula is C24H53N3. The summed E-state index contributed by atoms with van der Waals surface area (Å²) in [6, 6.07) is 1.24. The van der Waals surface area contributed by atoms with E-state index in [2.05, 4.69) is 78.3 Å². The summed E-state index contributed by atoms with van der Waals surface area (Å²) in [5.74, 6) is 0.698. The van der Waals surface area contributed by atoms with Gasteiger partial charge < -0.3 is 16.0 Å². The van der Waals surface area contributed by atoms with Gasteiger partial charge in [-0.1, -0.05) is 47.5 Å². The number of unbranched alkanes of at least 4 members (excludes halogenated alkanes) is 1. The third-order valence-electron chi connectivity index (χ3n) is 6.62. The quantitative estimate of drug-likeness (QED) is 0.299. The zero-order chi connectivity index (χ0) is 20.9. The highest BCUT2D eigenvalue weighted by molar-refractivity contribution is 4.82. The number of nitrogens with one attached hydrogen (secondary N) is 3. The lowest BCUT2D eigenvalue weighted by Gasteiger charge is -2.34. The predicted molar refractivity (Wildman–Crippen MR) is 124 cm³/mol. The Morgan fingerprint density at radius 1 is 0.778 bits per heavy atom. The van der Waals surface area contributed by atoms with Crippen LogP contribution in [-0.2, 0) is 0 Å². The van der Waals surface area contributed by atoms with Crippen molar-refractivity contribution >= 4 is 0 Å². The zero-order valence-electron chi connectivity index (χ0n) is 20.3. The zero-order valence-corrected chi connectivity index (χ0v) is 20.3. The highest BCUT2D eigenvalue weighted by Crippen LogP contribution is 2.30. The first-order valence-electron chi connectivity index (χ1n) is 11.8. The predicted octanol–water partition coefficient (Wildman–Crippen LogP) is 5.74. The fourth-order valence-corrected chi connectivity index (χ4v) is 3.27. The molecule has 0 aliphatic heterocycles. The van der Waals surface area contributed by atoms with E-state index in [1.165, 1.54) is 44.9 Å². The van der Waals surface area contributed by atoms with Gasteiger partial charge in [0, 0.05) is 17.6 Å². The van der Waals surface area contributed by atoms with Crippen LogP contribution in [0.5, 0.6) is 0 Å². The minimum absolute atomic E-state index is 0.248. The van der Waals surface area contributed by atoms with E-state index in [1.807, 2.05) is 0 Å². The van der Waals surface area contributed by atoms with Gasteiger partial charge in [-0.2, -0.15) is 0 Å². The van der Waals surface area contributed by atoms with Gasteiger partial charge in [-0.15, -0.1) is 0 Å². The maximum atomic E-state index is 3.77. The lowest BCUT2D eigenvalue weighted by molar-refractivity contribution is 0.219. The van der Waals surface area contributed by atoms with E-state index >= 15 is 0 Å². The molecule has 0 aliphatic carbocycles. The van der Waals surface area contributed by atoms with E-state index in [-0.39, 0.29) is 5.54 Å². The number of hydrogen-bond donors (Lipinski definition) is 3. The molecule has 0 bridgehead atoms. The van der Waals surface area contributed by atoms with Crippen LogP contribution in [0.1, 0.15) is 107 Å². The second kappa shape index (κ2) is 14.0. The monoisotopic (exact) mass is 383 g/mol. The Labute approximate surface area is 172 Å². The summed E-state index contributed by atoms with van der Waals surface area (Å²) >= 11 is 0. The Hall–Kier alpha value is -0.120. The van der Waals surface area contributed by atoms with Crippen molar-refractivity contribution in [1.29, 1.82) is 0 Å². The SMILES string of the molecule is CCCCC(C)NCCC(C)(CCNC(C)C(C)C)CCNC(C)(C)CC. The van der Waals surface area contributed by atoms with E-state index in [0.717, 1.165) is 19.6 Å². The lowest BCUT2D eigenvalue weighted by Crippen LogP contribution is -2.42. The molecule has 0 heterocycles. The van der Waals surface area contributed by atoms with Crippen LogP contribution in [0.4, 0.5) is 0 Å². The van der Waals surface area contributed by atoms with Gasteiger partial charge in [0.1, 0.15) is 0 Å². The molecule has 3 unspecified atom stereocenters. The van der Waals surface area contributed by atoms with Crippen LogP contribution >= 0.6 is 0 Å². The minimum Gasteiger partial charge on any atom is -0.314 e. The number of rotatable bonds is 17. The van der Waals surface area contributed by atoms with Gasteiger partial charge in [-0.05, 0) is 90.8 Å². The Kier molecular flexibility index (Phi) is 13.9. The molecule has 3 nitrogen and oxygen atoms in total. The van der Waals surface area contributed by atoms with Crippen LogP contribution in [0.15, 0.2) is 0 Å². The highest BCUT2D eigenvalue weighted by atomic mass is 15.0. The van der Waals surface area contributed by atoms with Gasteiger partial charge in [0.05, 0.1) is 0 Å². The number of hydrogen-bond acceptors (Lipinski definition) is 3. The molecule has 0 rings (SSSR count). The minimum atomic E-state index is 0.248. The van der Waals surface area contributed by atoms with E-state index < -0.39 is 0 Å². The van der Waals surface area contributed by atoms with Crippen molar-refractivity contribution in [3.63, 3.8) is 0 Å². The maximum absolute atomic E-state index is 3.77. The summed E-state index contributed by atoms with van der Waals surface area (Å²) in [6.45, 7) is 24.3. The normalized spacial score (nSPS) is 17.1. The van der Waals surface area contributed by atoms with Crippen LogP contribution in [0.3, 0.4) is 0 Å². The molecule has 3 heteroatoms. The molecule has 0 amide bonds. The van der Waals surface area contributed by atoms with Crippen molar-refractivity contribution < 1.29 is 0 Å². The molecule has 3 N–H and O–H groups in total. The Morgan fingerprint density at radius 3 is 1.85 bits per heavy atom. The van der Waals surface area contributed by atoms with E-state index in [1.54, 1.807) is 0 Å². The van der Waals surface area contributed by atoms with Gasteiger partial charge >= 0.3 is 0 Å². The molecule has 0 saturated heterocycles. The van der Waals surface area contributed by atoms with Crippen LogP contribution in [0.25, 0.3) is 0 Å². The second-order valence-corrected chi connectivity index (χ2v) is 10.2. The Morgan fingerprint density at radius 2 is 1.33 bits per heavy atom. The smallest absolute Gasteiger partial charge is 0.0122 e. The first kappa shape index (κ1) is 26.9. The lowest BCUT2D eigenvalue weighted by atomic mass is 9.79. The molecule has 0 radical (unpaired) electrons. The topological polar surface area (TPSA) is 36.1 Å². The molecule has 0 aromatic heterocycles. The fraction of sp³-hybridized carbons (Fsp3) is 1.00. The van der Waals surface area contributed by atoms with Crippen molar-refractivity contribution in [2.75, 3.05) is 19.6 Å². The first-order chi connectivity index (χ1) is 12.5. The third-order valence-corrected chi connectivity index (χ3v) is 6.62. The summed E-state index contributed by atoms with van der Waals surface area (Å²) in [5.41, 5.74) is 0.635. The third kappa shape index (κ3) is 13.7. The molecule has 3 atom stereocenters. The molecule has 0 aromatic rings. The average Bonchev–Trinajstić information content (AvgIpc) is 2.59. The summed E-state index contributed by atoms with van der Waals surface area (Å²) in [7, 11) is 0. The fourth-order valence-electron chi connectivity index (χ4n) is 3.27. The molecule has 0 aromatic carbocycles. The Bertz CT molecular complexity index is 354. The molecular weight excluding hydrogens is 330 g/mol. The largest absolute Gasteiger partial charge is 0.314 e. The summed E-state index contributed by atoms with van der Waals surface area (Å²) in [4.78, 5) is 0. The van der Waals surface area contributed by atoms with Crippen molar-refractivity contribution in [2.24, 2.45) is 11.3 Å². The molecule has 0 fully saturated rings. The van der Waals surface area contributed by atoms with Gasteiger partial charge in [0.25, 0.3) is 0 Å². The first-order valence-corrected chi connectivity index (χ1v) is 11.8. The van der Waals surface area contributed by atoms with Crippen LogP contribution < -0.4 is 16.0 Å². The van der Waals surface area contributed by atoms with E-state index in [9.17, 15) is 0 Å². The highest BCUT2D eigenvalue weighted by Gasteiger charge is 2.25. The molecule has 0 aliphatic rings. The van der Waals surface area contributed by atoms with Crippen LogP contribution in [0.2, 0.25) is 0 Å². The van der Waals surface area contributed by atoms with Gasteiger partial charge in [-0.25, -0.2) is 0 Å². The van der Waals surface area contributed by atoms with Gasteiger partial charge in [0.15, 0.2) is 0 Å². The Balaban J connectivity index is 4.53. The van der Waals surface area contributed by atoms with Crippen LogP contribution in [0, 0.1) is 11.3 Å². The summed E-state index contributed by atoms with van der Waals surface area (Å²) < 4.78 is 0. The summed E-state index contributed by atoms with van der Waals surface area (Å²) in [6.07, 6.45) is 8.86. The van der Waals surface area contributed by atoms with Gasteiger partial charge in [-0.3, -0.25) is 0 Å². The van der Waals surface area contributed by atoms with Crippen molar-refractivity contribution in [3.05, 3.63) is 0 Å².